The Morgan fingerprint density at radius 2 is 1.00 bits per heavy atom. The van der Waals surface area contributed by atoms with Gasteiger partial charge in [-0.15, -0.1) is 0 Å². The van der Waals surface area contributed by atoms with Crippen molar-refractivity contribution >= 4 is 26.3 Å². The normalized spacial score (nSPS) is 9.78. The number of alkyl halides is 6. The predicted octanol–water partition coefficient (Wildman–Crippen LogP) is 3.25. The summed E-state index contributed by atoms with van der Waals surface area (Å²) >= 11 is 0. The summed E-state index contributed by atoms with van der Waals surface area (Å²) in [4.78, 5) is 0. The molecule has 32 heavy (non-hydrogen) atoms. The standard InChI is InChI=1S/C9H10O.2CHF3O3S.5H3N.Os/c1-3-8-4-6-9(10-2)7-5-8;2*2-1(3,4)8(5,6)7;;;;;;/h3-7H,1H2,2H3;2*(H,5,6,7);5*1H3;/q;;;;;;;;+2/p-2. The Morgan fingerprint density at radius 3 is 1.12 bits per heavy atom. The van der Waals surface area contributed by atoms with E-state index in [0.29, 0.717) is 0 Å². The fourth-order valence-corrected chi connectivity index (χ4v) is 0.740. The van der Waals surface area contributed by atoms with Gasteiger partial charge in [0.2, 0.25) is 0 Å². The minimum atomic E-state index is -6.09. The van der Waals surface area contributed by atoms with Crippen molar-refractivity contribution in [3.8, 4) is 5.75 Å². The predicted molar refractivity (Wildman–Crippen MR) is 99.7 cm³/mol. The van der Waals surface area contributed by atoms with Crippen LogP contribution in [0.25, 0.3) is 6.08 Å². The smallest absolute Gasteiger partial charge is 0.741 e. The van der Waals surface area contributed by atoms with Crippen molar-refractivity contribution in [2.24, 2.45) is 0 Å². The van der Waals surface area contributed by atoms with E-state index in [1.165, 1.54) is 0 Å². The van der Waals surface area contributed by atoms with Crippen LogP contribution in [0.4, 0.5) is 26.3 Å². The molecule has 0 atom stereocenters. The summed E-state index contributed by atoms with van der Waals surface area (Å²) in [5.41, 5.74) is -10.2. The molecule has 0 aromatic heterocycles. The largest absolute Gasteiger partial charge is 2.00 e. The Labute approximate surface area is 194 Å². The van der Waals surface area contributed by atoms with Gasteiger partial charge < -0.3 is 44.6 Å². The minimum Gasteiger partial charge on any atom is -0.741 e. The van der Waals surface area contributed by atoms with Crippen molar-refractivity contribution in [3.63, 3.8) is 0 Å². The summed E-state index contributed by atoms with van der Waals surface area (Å²) in [6, 6.07) is 7.76. The molecule has 1 aromatic carbocycles. The van der Waals surface area contributed by atoms with Gasteiger partial charge in [-0.3, -0.25) is 0 Å². The monoisotopic (exact) mass is 709 g/mol. The molecule has 15 N–H and O–H groups in total. The van der Waals surface area contributed by atoms with Gasteiger partial charge in [0, 0.05) is 0 Å². The number of rotatable bonds is 2. The Hall–Kier alpha value is -1.40. The van der Waals surface area contributed by atoms with Gasteiger partial charge in [0.05, 0.1) is 7.11 Å². The maximum Gasteiger partial charge on any atom is 2.00 e. The average Bonchev–Trinajstić information content (AvgIpc) is 2.44. The fourth-order valence-electron chi connectivity index (χ4n) is 0.740. The van der Waals surface area contributed by atoms with Crippen molar-refractivity contribution in [1.82, 2.24) is 30.8 Å². The molecule has 0 radical (unpaired) electrons. The van der Waals surface area contributed by atoms with Crippen LogP contribution in [0.2, 0.25) is 0 Å². The van der Waals surface area contributed by atoms with Crippen molar-refractivity contribution in [2.45, 2.75) is 11.0 Å². The van der Waals surface area contributed by atoms with E-state index in [-0.39, 0.29) is 50.5 Å². The first-order valence-corrected chi connectivity index (χ1v) is 8.49. The van der Waals surface area contributed by atoms with Crippen LogP contribution in [0.3, 0.4) is 0 Å². The van der Waals surface area contributed by atoms with Crippen LogP contribution in [-0.4, -0.2) is 44.1 Å². The zero-order chi connectivity index (χ0) is 21.4. The molecular formula is C11H25F6N5O7OsS2. The third-order valence-electron chi connectivity index (χ3n) is 1.92. The average molecular weight is 708 g/mol. The Balaban J connectivity index is -0.0000000415. The second-order valence-electron chi connectivity index (χ2n) is 3.78. The van der Waals surface area contributed by atoms with Crippen molar-refractivity contribution in [3.05, 3.63) is 36.4 Å². The number of halogens is 6. The van der Waals surface area contributed by atoms with Gasteiger partial charge in [-0.1, -0.05) is 24.8 Å². The fraction of sp³-hybridized carbons (Fsp3) is 0.273. The van der Waals surface area contributed by atoms with Gasteiger partial charge in [0.1, 0.15) is 5.75 Å². The maximum atomic E-state index is 10.7. The van der Waals surface area contributed by atoms with Crippen LogP contribution >= 0.6 is 0 Å². The van der Waals surface area contributed by atoms with Gasteiger partial charge in [0.25, 0.3) is 0 Å². The molecule has 21 heteroatoms. The molecule has 0 saturated heterocycles. The van der Waals surface area contributed by atoms with E-state index in [0.717, 1.165) is 11.3 Å². The van der Waals surface area contributed by atoms with Gasteiger partial charge in [0.15, 0.2) is 20.2 Å². The van der Waals surface area contributed by atoms with E-state index in [1.807, 2.05) is 24.3 Å². The van der Waals surface area contributed by atoms with E-state index in [2.05, 4.69) is 6.58 Å². The third-order valence-corrected chi connectivity index (χ3v) is 3.05. The van der Waals surface area contributed by atoms with E-state index < -0.39 is 31.3 Å². The molecule has 0 aliphatic rings. The van der Waals surface area contributed by atoms with Crippen LogP contribution in [0.1, 0.15) is 5.56 Å². The van der Waals surface area contributed by atoms with Crippen molar-refractivity contribution in [1.29, 1.82) is 0 Å². The Morgan fingerprint density at radius 1 is 0.781 bits per heavy atom. The minimum absolute atomic E-state index is 0. The SMILES string of the molecule is C=Cc1ccc(OC)cc1.N.N.N.N.N.O=S(=O)([O-])C(F)(F)F.O=S(=O)([O-])C(F)(F)F.[Os+2]. The van der Waals surface area contributed by atoms with Gasteiger partial charge in [-0.05, 0) is 17.7 Å². The first-order chi connectivity index (χ1) is 11.4. The molecular weight excluding hydrogens is 683 g/mol. The molecule has 0 fully saturated rings. The second-order valence-corrected chi connectivity index (χ2v) is 6.52. The van der Waals surface area contributed by atoms with Crippen LogP contribution in [0.15, 0.2) is 30.8 Å². The molecule has 1 rings (SSSR count). The van der Waals surface area contributed by atoms with E-state index >= 15 is 0 Å². The van der Waals surface area contributed by atoms with Crippen molar-refractivity contribution < 1.29 is 76.8 Å². The van der Waals surface area contributed by atoms with Gasteiger partial charge >= 0.3 is 30.8 Å². The van der Waals surface area contributed by atoms with Gasteiger partial charge in [-0.25, -0.2) is 16.8 Å². The van der Waals surface area contributed by atoms with E-state index in [4.69, 9.17) is 30.7 Å². The van der Waals surface area contributed by atoms with Crippen molar-refractivity contribution in [2.75, 3.05) is 7.11 Å². The second kappa shape index (κ2) is 20.2. The van der Waals surface area contributed by atoms with E-state index in [9.17, 15) is 26.3 Å². The summed E-state index contributed by atoms with van der Waals surface area (Å²) in [5, 5.41) is 0. The molecule has 0 saturated carbocycles. The Kier molecular flexibility index (Phi) is 33.2. The first kappa shape index (κ1) is 52.5. The molecule has 0 bridgehead atoms. The molecule has 0 aliphatic carbocycles. The molecule has 198 valence electrons. The topological polar surface area (TPSA) is 299 Å². The zero-order valence-corrected chi connectivity index (χ0v) is 20.6. The number of benzene rings is 1. The summed E-state index contributed by atoms with van der Waals surface area (Å²) in [5.74, 6) is 0.880. The van der Waals surface area contributed by atoms with Crippen LogP contribution in [0, 0.1) is 0 Å². The number of hydrogen-bond acceptors (Lipinski definition) is 12. The number of ether oxygens (including phenoxy) is 1. The maximum absolute atomic E-state index is 10.7. The first-order valence-electron chi connectivity index (χ1n) is 5.67. The molecule has 12 nitrogen and oxygen atoms in total. The summed E-state index contributed by atoms with van der Waals surface area (Å²) in [6.07, 6.45) is 1.80. The number of hydrogen-bond donors (Lipinski definition) is 5. The summed E-state index contributed by atoms with van der Waals surface area (Å²) in [7, 11) is -10.5. The molecule has 0 aliphatic heterocycles. The zero-order valence-electron chi connectivity index (χ0n) is 16.4. The third kappa shape index (κ3) is 23.3. The number of methoxy groups -OCH3 is 1. The van der Waals surface area contributed by atoms with Crippen LogP contribution in [-0.2, 0) is 40.0 Å². The Bertz CT molecular complexity index is 749. The van der Waals surface area contributed by atoms with E-state index in [1.54, 1.807) is 13.2 Å². The summed E-state index contributed by atoms with van der Waals surface area (Å²) < 4.78 is 123. The van der Waals surface area contributed by atoms with Crippen LogP contribution in [0.5, 0.6) is 5.75 Å². The molecule has 0 spiro atoms. The molecule has 0 amide bonds. The van der Waals surface area contributed by atoms with Crippen LogP contribution < -0.4 is 35.5 Å². The molecule has 1 aromatic rings. The summed E-state index contributed by atoms with van der Waals surface area (Å²) in [6.45, 7) is 3.65. The quantitative estimate of drug-likeness (QED) is 0.168. The molecule has 0 heterocycles. The van der Waals surface area contributed by atoms with Gasteiger partial charge in [-0.2, -0.15) is 26.3 Å². The molecule has 0 unspecified atom stereocenters.